The lowest BCUT2D eigenvalue weighted by atomic mass is 9.91. The molecule has 41 heavy (non-hydrogen) atoms. The van der Waals surface area contributed by atoms with Crippen molar-refractivity contribution in [2.24, 2.45) is 0 Å². The third-order valence-electron chi connectivity index (χ3n) is 7.13. The summed E-state index contributed by atoms with van der Waals surface area (Å²) in [5.41, 5.74) is 4.21. The molecule has 0 radical (unpaired) electrons. The second-order valence-electron chi connectivity index (χ2n) is 11.9. The Morgan fingerprint density at radius 2 is 1.73 bits per heavy atom. The molecule has 3 N–H and O–H groups in total. The van der Waals surface area contributed by atoms with E-state index < -0.39 is 5.60 Å². The van der Waals surface area contributed by atoms with E-state index in [9.17, 15) is 4.79 Å². The minimum atomic E-state index is -0.504. The number of ether oxygens (including phenoxy) is 1. The largest absolute Gasteiger partial charge is 0.444 e. The first-order valence-corrected chi connectivity index (χ1v) is 14.4. The van der Waals surface area contributed by atoms with Crippen LogP contribution >= 0.6 is 0 Å². The molecule has 0 atom stereocenters. The predicted octanol–water partition coefficient (Wildman–Crippen LogP) is 6.33. The Morgan fingerprint density at radius 1 is 1.00 bits per heavy atom. The van der Waals surface area contributed by atoms with Crippen LogP contribution < -0.4 is 16.0 Å². The standard InChI is InChI=1S/C31H40N8O2/c1-20(2)39-19-34-26-27(33-18-21-9-11-22(12-10-21)25-8-6-7-17-32-25)37-29(38-28(26)39)35-23-13-15-24(16-14-23)36-30(40)41-31(3,4)5/h6-12,17,19-20,23-24H,13-16,18H2,1-5H3,(H,36,40)(H2,33,35,37,38). The molecule has 5 rings (SSSR count). The predicted molar refractivity (Wildman–Crippen MR) is 162 cm³/mol. The van der Waals surface area contributed by atoms with E-state index in [1.54, 1.807) is 6.20 Å². The number of nitrogens with zero attached hydrogens (tertiary/aromatic N) is 5. The number of alkyl carbamates (subject to hydrolysis) is 1. The molecule has 216 valence electrons. The van der Waals surface area contributed by atoms with Crippen molar-refractivity contribution in [2.45, 2.75) is 90.6 Å². The molecule has 1 aliphatic carbocycles. The maximum atomic E-state index is 12.2. The molecular weight excluding hydrogens is 516 g/mol. The summed E-state index contributed by atoms with van der Waals surface area (Å²) in [4.78, 5) is 31.0. The molecule has 0 saturated heterocycles. The van der Waals surface area contributed by atoms with Gasteiger partial charge in [0.15, 0.2) is 17.0 Å². The molecule has 10 nitrogen and oxygen atoms in total. The minimum absolute atomic E-state index is 0.106. The van der Waals surface area contributed by atoms with E-state index in [1.807, 2.05) is 45.3 Å². The van der Waals surface area contributed by atoms with Crippen molar-refractivity contribution in [1.29, 1.82) is 0 Å². The van der Waals surface area contributed by atoms with Crippen molar-refractivity contribution in [3.63, 3.8) is 0 Å². The van der Waals surface area contributed by atoms with E-state index in [2.05, 4.69) is 68.6 Å². The van der Waals surface area contributed by atoms with Crippen LogP contribution in [0.4, 0.5) is 16.6 Å². The van der Waals surface area contributed by atoms with Crippen molar-refractivity contribution in [3.05, 3.63) is 60.6 Å². The Morgan fingerprint density at radius 3 is 2.39 bits per heavy atom. The summed E-state index contributed by atoms with van der Waals surface area (Å²) in [7, 11) is 0. The van der Waals surface area contributed by atoms with Crippen LogP contribution in [0.15, 0.2) is 55.0 Å². The fourth-order valence-corrected chi connectivity index (χ4v) is 5.03. The van der Waals surface area contributed by atoms with Crippen LogP contribution in [0, 0.1) is 0 Å². The zero-order valence-corrected chi connectivity index (χ0v) is 24.5. The first-order chi connectivity index (χ1) is 19.6. The van der Waals surface area contributed by atoms with Crippen LogP contribution in [0.5, 0.6) is 0 Å². The van der Waals surface area contributed by atoms with E-state index in [4.69, 9.17) is 14.7 Å². The van der Waals surface area contributed by atoms with Gasteiger partial charge in [0, 0.05) is 36.4 Å². The first kappa shape index (κ1) is 28.3. The summed E-state index contributed by atoms with van der Waals surface area (Å²) in [5.74, 6) is 1.28. The molecule has 4 aromatic rings. The molecule has 3 aromatic heterocycles. The Balaban J connectivity index is 1.26. The number of benzene rings is 1. The molecule has 1 fully saturated rings. The van der Waals surface area contributed by atoms with Gasteiger partial charge in [-0.25, -0.2) is 9.78 Å². The molecule has 1 aliphatic rings. The maximum absolute atomic E-state index is 12.2. The van der Waals surface area contributed by atoms with E-state index >= 15 is 0 Å². The van der Waals surface area contributed by atoms with E-state index in [0.717, 1.165) is 53.7 Å². The number of anilines is 2. The summed E-state index contributed by atoms with van der Waals surface area (Å²) in [6, 6.07) is 14.8. The lowest BCUT2D eigenvalue weighted by Gasteiger charge is -2.30. The Kier molecular flexibility index (Phi) is 8.37. The molecular formula is C31H40N8O2. The van der Waals surface area contributed by atoms with E-state index in [1.165, 1.54) is 0 Å². The molecule has 1 amide bonds. The number of imidazole rings is 1. The second-order valence-corrected chi connectivity index (χ2v) is 11.9. The highest BCUT2D eigenvalue weighted by Gasteiger charge is 2.26. The normalized spacial score (nSPS) is 17.4. The first-order valence-electron chi connectivity index (χ1n) is 14.4. The lowest BCUT2D eigenvalue weighted by molar-refractivity contribution is 0.0492. The summed E-state index contributed by atoms with van der Waals surface area (Å²) in [6.07, 6.45) is 6.80. The van der Waals surface area contributed by atoms with Crippen molar-refractivity contribution in [3.8, 4) is 11.3 Å². The van der Waals surface area contributed by atoms with E-state index in [0.29, 0.717) is 18.3 Å². The lowest BCUT2D eigenvalue weighted by Crippen LogP contribution is -2.42. The molecule has 3 heterocycles. The van der Waals surface area contributed by atoms with Crippen LogP contribution in [-0.4, -0.2) is 48.3 Å². The minimum Gasteiger partial charge on any atom is -0.444 e. The van der Waals surface area contributed by atoms with Gasteiger partial charge in [-0.2, -0.15) is 9.97 Å². The van der Waals surface area contributed by atoms with Crippen LogP contribution in [0.2, 0.25) is 0 Å². The fourth-order valence-electron chi connectivity index (χ4n) is 5.03. The van der Waals surface area contributed by atoms with Gasteiger partial charge in [0.2, 0.25) is 5.95 Å². The quantitative estimate of drug-likeness (QED) is 0.230. The number of amides is 1. The number of aromatic nitrogens is 5. The van der Waals surface area contributed by atoms with Crippen LogP contribution in [-0.2, 0) is 11.3 Å². The van der Waals surface area contributed by atoms with Crippen LogP contribution in [0.1, 0.15) is 71.9 Å². The van der Waals surface area contributed by atoms with Gasteiger partial charge in [0.1, 0.15) is 5.60 Å². The SMILES string of the molecule is CC(C)n1cnc2c(NCc3ccc(-c4ccccn4)cc3)nc(NC3CCC(NC(=O)OC(C)(C)C)CC3)nc21. The van der Waals surface area contributed by atoms with Gasteiger partial charge in [-0.3, -0.25) is 4.98 Å². The van der Waals surface area contributed by atoms with Gasteiger partial charge < -0.3 is 25.3 Å². The maximum Gasteiger partial charge on any atom is 0.407 e. The smallest absolute Gasteiger partial charge is 0.407 e. The highest BCUT2D eigenvalue weighted by molar-refractivity contribution is 5.84. The number of carbonyl (C=O) groups excluding carboxylic acids is 1. The second kappa shape index (κ2) is 12.1. The molecule has 1 saturated carbocycles. The van der Waals surface area contributed by atoms with Gasteiger partial charge >= 0.3 is 6.09 Å². The summed E-state index contributed by atoms with van der Waals surface area (Å²) < 4.78 is 7.48. The Labute approximate surface area is 241 Å². The van der Waals surface area contributed by atoms with Gasteiger partial charge in [-0.15, -0.1) is 0 Å². The van der Waals surface area contributed by atoms with Crippen molar-refractivity contribution >= 4 is 29.0 Å². The van der Waals surface area contributed by atoms with Crippen LogP contribution in [0.3, 0.4) is 0 Å². The zero-order valence-electron chi connectivity index (χ0n) is 24.5. The number of pyridine rings is 1. The fraction of sp³-hybridized carbons (Fsp3) is 0.452. The highest BCUT2D eigenvalue weighted by Crippen LogP contribution is 2.27. The molecule has 0 unspecified atom stereocenters. The number of rotatable bonds is 8. The van der Waals surface area contributed by atoms with E-state index in [-0.39, 0.29) is 24.2 Å². The highest BCUT2D eigenvalue weighted by atomic mass is 16.6. The van der Waals surface area contributed by atoms with Gasteiger partial charge in [-0.05, 0) is 78.0 Å². The van der Waals surface area contributed by atoms with Gasteiger partial charge in [0.25, 0.3) is 0 Å². The topological polar surface area (TPSA) is 119 Å². The average molecular weight is 557 g/mol. The monoisotopic (exact) mass is 556 g/mol. The summed E-state index contributed by atoms with van der Waals surface area (Å²) in [5, 5.41) is 10.1. The van der Waals surface area contributed by atoms with Crippen LogP contribution in [0.25, 0.3) is 22.4 Å². The number of carbonyl (C=O) groups is 1. The average Bonchev–Trinajstić information content (AvgIpc) is 3.37. The van der Waals surface area contributed by atoms with Crippen molar-refractivity contribution < 1.29 is 9.53 Å². The molecule has 0 bridgehead atoms. The number of fused-ring (bicyclic) bond motifs is 1. The molecule has 10 heteroatoms. The number of hydrogen-bond donors (Lipinski definition) is 3. The van der Waals surface area contributed by atoms with Gasteiger partial charge in [-0.1, -0.05) is 30.3 Å². The third kappa shape index (κ3) is 7.31. The zero-order chi connectivity index (χ0) is 29.0. The number of nitrogens with one attached hydrogen (secondary N) is 3. The Bertz CT molecular complexity index is 1450. The number of hydrogen-bond acceptors (Lipinski definition) is 8. The van der Waals surface area contributed by atoms with Crippen molar-refractivity contribution in [1.82, 2.24) is 29.8 Å². The Hall–Kier alpha value is -4.21. The molecule has 0 aliphatic heterocycles. The van der Waals surface area contributed by atoms with Crippen molar-refractivity contribution in [2.75, 3.05) is 10.6 Å². The van der Waals surface area contributed by atoms with Gasteiger partial charge in [0.05, 0.1) is 12.0 Å². The molecule has 1 aromatic carbocycles. The third-order valence-corrected chi connectivity index (χ3v) is 7.13. The summed E-state index contributed by atoms with van der Waals surface area (Å²) >= 11 is 0. The molecule has 0 spiro atoms. The summed E-state index contributed by atoms with van der Waals surface area (Å²) in [6.45, 7) is 10.5.